The monoisotopic (exact) mass is 543 g/mol. The lowest BCUT2D eigenvalue weighted by Gasteiger charge is -2.34. The van der Waals surface area contributed by atoms with Crippen LogP contribution in [0, 0.1) is 0 Å². The van der Waals surface area contributed by atoms with E-state index < -0.39 is 46.8 Å². The van der Waals surface area contributed by atoms with Crippen LogP contribution in [-0.4, -0.2) is 106 Å². The van der Waals surface area contributed by atoms with E-state index in [-0.39, 0.29) is 12.1 Å². The number of nitrogens with zero attached hydrogens (tertiary/aromatic N) is 3. The molecule has 0 bridgehead atoms. The van der Waals surface area contributed by atoms with E-state index in [1.807, 2.05) is 41.9 Å². The fourth-order valence-corrected chi connectivity index (χ4v) is 5.10. The molecule has 35 heavy (non-hydrogen) atoms. The minimum Gasteiger partial charge on any atom is -0.387 e. The smallest absolute Gasteiger partial charge is 0.387 e. The number of amidine groups is 1. The van der Waals surface area contributed by atoms with E-state index in [1.165, 1.54) is 4.90 Å². The molecule has 0 aromatic carbocycles. The van der Waals surface area contributed by atoms with Crippen LogP contribution in [0.4, 0.5) is 0 Å². The molecule has 16 heteroatoms. The molecule has 202 valence electrons. The number of phosphoric ester groups is 2. The van der Waals surface area contributed by atoms with Gasteiger partial charge in [-0.15, -0.1) is 0 Å². The first-order valence-electron chi connectivity index (χ1n) is 10.8. The van der Waals surface area contributed by atoms with Gasteiger partial charge in [0.1, 0.15) is 43.1 Å². The van der Waals surface area contributed by atoms with E-state index in [1.54, 1.807) is 12.3 Å². The van der Waals surface area contributed by atoms with Crippen molar-refractivity contribution in [3.05, 3.63) is 24.7 Å². The van der Waals surface area contributed by atoms with E-state index in [9.17, 15) is 29.1 Å². The quantitative estimate of drug-likeness (QED) is 0.190. The van der Waals surface area contributed by atoms with Crippen molar-refractivity contribution in [2.24, 2.45) is 4.99 Å². The highest BCUT2D eigenvalue weighted by molar-refractivity contribution is 7.61. The molecule has 0 spiro atoms. The number of aliphatic hydroxyl groups is 2. The first-order chi connectivity index (χ1) is 15.8. The third-order valence-corrected chi connectivity index (χ3v) is 7.30. The van der Waals surface area contributed by atoms with Crippen molar-refractivity contribution in [2.45, 2.75) is 50.8 Å². The molecule has 2 aliphatic heterocycles. The predicted molar refractivity (Wildman–Crippen MR) is 127 cm³/mol. The fourth-order valence-electron chi connectivity index (χ4n) is 3.03. The number of hydrogen-bond donors (Lipinski definition) is 5. The highest BCUT2D eigenvalue weighted by atomic mass is 31.3. The molecule has 0 radical (unpaired) electrons. The minimum absolute atomic E-state index is 0.209. The summed E-state index contributed by atoms with van der Waals surface area (Å²) in [7, 11) is -4.50. The van der Waals surface area contributed by atoms with Crippen molar-refractivity contribution in [2.75, 3.05) is 40.9 Å². The second-order valence-corrected chi connectivity index (χ2v) is 13.2. The third kappa shape index (κ3) is 9.67. The molecule has 0 amide bonds. The molecule has 6 atom stereocenters. The standard InChI is InChI=1S/C19H36N4O10P2/c1-13-20-15(21-19(2,3)4)8-9-22(13)18-17(25)16(24)14(32-18)12-31-35(28,29)33-34(26,27)30-11-10-23(5,6)7/h8-9,14,16-18,24-25H,1,10-12H2,2-7H3,(H2-,20,21,26,27,28,29)/p+1/t14-,16+,17?,18-/m1/s1. The SMILES string of the molecule is C=C1NC(=NC(C)(C)C)C=CN1[C@@H]1O[C@H](COP(=O)(O)OP(=O)(O)OCC[N+](C)(C)C)[C@H](O)C1O. The summed E-state index contributed by atoms with van der Waals surface area (Å²) in [5, 5.41) is 23.8. The van der Waals surface area contributed by atoms with Gasteiger partial charge in [-0.3, -0.25) is 14.0 Å². The Labute approximate surface area is 205 Å². The predicted octanol–water partition coefficient (Wildman–Crippen LogP) is 0.477. The van der Waals surface area contributed by atoms with Crippen molar-refractivity contribution in [1.82, 2.24) is 10.2 Å². The normalized spacial score (nSPS) is 30.3. The number of hydrogen-bond acceptors (Lipinski definition) is 10. The van der Waals surface area contributed by atoms with Gasteiger partial charge in [-0.05, 0) is 26.8 Å². The third-order valence-electron chi connectivity index (χ3n) is 4.67. The van der Waals surface area contributed by atoms with Crippen LogP contribution in [0.1, 0.15) is 20.8 Å². The second kappa shape index (κ2) is 11.1. The second-order valence-electron chi connectivity index (χ2n) is 10.2. The Hall–Kier alpha value is -1.15. The summed E-state index contributed by atoms with van der Waals surface area (Å²) in [6, 6.07) is 0. The van der Waals surface area contributed by atoms with E-state index in [0.29, 0.717) is 22.7 Å². The maximum Gasteiger partial charge on any atom is 0.481 e. The Balaban J connectivity index is 1.96. The van der Waals surface area contributed by atoms with E-state index >= 15 is 0 Å². The number of quaternary nitrogens is 1. The lowest BCUT2D eigenvalue weighted by Crippen LogP contribution is -2.46. The van der Waals surface area contributed by atoms with Gasteiger partial charge >= 0.3 is 15.6 Å². The molecule has 2 aliphatic rings. The number of ether oxygens (including phenoxy) is 1. The van der Waals surface area contributed by atoms with Crippen LogP contribution in [-0.2, 0) is 27.2 Å². The molecule has 0 aromatic heterocycles. The molecule has 3 unspecified atom stereocenters. The van der Waals surface area contributed by atoms with Crippen LogP contribution in [0.15, 0.2) is 29.7 Å². The zero-order chi connectivity index (χ0) is 26.8. The molecule has 0 aromatic rings. The van der Waals surface area contributed by atoms with Crippen LogP contribution in [0.25, 0.3) is 0 Å². The molecule has 1 fully saturated rings. The lowest BCUT2D eigenvalue weighted by atomic mass is 10.1. The summed E-state index contributed by atoms with van der Waals surface area (Å²) in [4.78, 5) is 25.4. The number of nitrogens with one attached hydrogen (secondary N) is 1. The van der Waals surface area contributed by atoms with Gasteiger partial charge in [0.05, 0.1) is 33.3 Å². The van der Waals surface area contributed by atoms with Crippen LogP contribution in [0.2, 0.25) is 0 Å². The molecule has 1 saturated heterocycles. The zero-order valence-corrected chi connectivity index (χ0v) is 22.6. The number of rotatable bonds is 10. The van der Waals surface area contributed by atoms with E-state index in [2.05, 4.69) is 21.2 Å². The number of phosphoric acid groups is 2. The maximum absolute atomic E-state index is 12.2. The minimum atomic E-state index is -5.08. The highest BCUT2D eigenvalue weighted by Gasteiger charge is 2.47. The molecular formula is C19H37N4O10P2+. The van der Waals surface area contributed by atoms with E-state index in [4.69, 9.17) is 13.8 Å². The number of likely N-dealkylation sites (N-methyl/N-ethyl adjacent to an activating group) is 1. The number of aliphatic hydroxyl groups excluding tert-OH is 2. The summed E-state index contributed by atoms with van der Waals surface area (Å²) in [6.45, 7) is 9.04. The topological polar surface area (TPSA) is 180 Å². The number of aliphatic imine (C=N–C) groups is 1. The Morgan fingerprint density at radius 3 is 2.31 bits per heavy atom. The molecule has 5 N–H and O–H groups in total. The summed E-state index contributed by atoms with van der Waals surface area (Å²) in [5.41, 5.74) is -0.340. The first-order valence-corrected chi connectivity index (χ1v) is 13.8. The molecule has 0 saturated carbocycles. The average molecular weight is 543 g/mol. The average Bonchev–Trinajstić information content (AvgIpc) is 2.91. The zero-order valence-electron chi connectivity index (χ0n) is 20.8. The van der Waals surface area contributed by atoms with Gasteiger partial charge in [0.25, 0.3) is 0 Å². The van der Waals surface area contributed by atoms with Crippen LogP contribution >= 0.6 is 15.6 Å². The Morgan fingerprint density at radius 1 is 1.17 bits per heavy atom. The van der Waals surface area contributed by atoms with Crippen LogP contribution < -0.4 is 5.32 Å². The van der Waals surface area contributed by atoms with Gasteiger partial charge in [0, 0.05) is 6.20 Å². The molecule has 14 nitrogen and oxygen atoms in total. The Kier molecular flexibility index (Phi) is 9.52. The summed E-state index contributed by atoms with van der Waals surface area (Å²) >= 11 is 0. The van der Waals surface area contributed by atoms with Crippen molar-refractivity contribution in [3.8, 4) is 0 Å². The van der Waals surface area contributed by atoms with Crippen molar-refractivity contribution in [3.63, 3.8) is 0 Å². The van der Waals surface area contributed by atoms with E-state index in [0.717, 1.165) is 0 Å². The van der Waals surface area contributed by atoms with Crippen molar-refractivity contribution < 1.29 is 51.7 Å². The fraction of sp³-hybridized carbons (Fsp3) is 0.737. The van der Waals surface area contributed by atoms with Crippen molar-refractivity contribution in [1.29, 1.82) is 0 Å². The largest absolute Gasteiger partial charge is 0.481 e. The summed E-state index contributed by atoms with van der Waals surface area (Å²) < 4.78 is 43.9. The van der Waals surface area contributed by atoms with Crippen LogP contribution in [0.5, 0.6) is 0 Å². The van der Waals surface area contributed by atoms with Crippen LogP contribution in [0.3, 0.4) is 0 Å². The highest BCUT2D eigenvalue weighted by Crippen LogP contribution is 2.60. The van der Waals surface area contributed by atoms with Gasteiger partial charge < -0.3 is 39.4 Å². The molecule has 2 rings (SSSR count). The molecular weight excluding hydrogens is 506 g/mol. The summed E-state index contributed by atoms with van der Waals surface area (Å²) in [6.07, 6.45) is -2.11. The Bertz CT molecular complexity index is 930. The molecule has 2 heterocycles. The molecule has 0 aliphatic carbocycles. The van der Waals surface area contributed by atoms with Gasteiger partial charge in [0.15, 0.2) is 6.23 Å². The van der Waals surface area contributed by atoms with Gasteiger partial charge in [0.2, 0.25) is 0 Å². The lowest BCUT2D eigenvalue weighted by molar-refractivity contribution is -0.870. The maximum atomic E-state index is 12.2. The summed E-state index contributed by atoms with van der Waals surface area (Å²) in [5.74, 6) is 0.860. The van der Waals surface area contributed by atoms with Gasteiger partial charge in [-0.25, -0.2) is 9.13 Å². The van der Waals surface area contributed by atoms with Gasteiger partial charge in [-0.1, -0.05) is 6.58 Å². The van der Waals surface area contributed by atoms with Crippen molar-refractivity contribution >= 4 is 21.5 Å². The Morgan fingerprint density at radius 2 is 1.77 bits per heavy atom. The van der Waals surface area contributed by atoms with Gasteiger partial charge in [-0.2, -0.15) is 4.31 Å². The first kappa shape index (κ1) is 30.1.